The van der Waals surface area contributed by atoms with Gasteiger partial charge in [0.2, 0.25) is 0 Å². The average molecular weight is 414 g/mol. The summed E-state index contributed by atoms with van der Waals surface area (Å²) in [6, 6.07) is 0. The van der Waals surface area contributed by atoms with E-state index in [4.69, 9.17) is 92.8 Å². The third kappa shape index (κ3) is 1.67. The largest absolute Gasteiger partial charge is 0.127 e. The molecular formula is C10H10Cl8. The van der Waals surface area contributed by atoms with Gasteiger partial charge in [-0.25, -0.2) is 0 Å². The molecule has 0 spiro atoms. The van der Waals surface area contributed by atoms with E-state index in [1.165, 1.54) is 0 Å². The van der Waals surface area contributed by atoms with Crippen molar-refractivity contribution in [2.75, 3.05) is 11.8 Å². The first-order valence-electron chi connectivity index (χ1n) is 5.29. The molecule has 5 atom stereocenters. The van der Waals surface area contributed by atoms with Crippen LogP contribution in [0.15, 0.2) is 0 Å². The molecule has 0 nitrogen and oxygen atoms in total. The normalized spacial score (nSPS) is 50.2. The highest BCUT2D eigenvalue weighted by Gasteiger charge is 2.81. The summed E-state index contributed by atoms with van der Waals surface area (Å²) in [5.41, 5.74) is -1.68. The quantitative estimate of drug-likeness (QED) is 0.523. The molecule has 2 aliphatic rings. The Morgan fingerprint density at radius 2 is 1.61 bits per heavy atom. The first kappa shape index (κ1) is 16.7. The van der Waals surface area contributed by atoms with Gasteiger partial charge >= 0.3 is 0 Å². The van der Waals surface area contributed by atoms with Crippen molar-refractivity contribution in [1.29, 1.82) is 0 Å². The second-order valence-electron chi connectivity index (χ2n) is 4.94. The Morgan fingerprint density at radius 3 is 1.94 bits per heavy atom. The van der Waals surface area contributed by atoms with Gasteiger partial charge < -0.3 is 0 Å². The molecule has 2 fully saturated rings. The Kier molecular flexibility index (Phi) is 4.82. The van der Waals surface area contributed by atoms with Crippen molar-refractivity contribution < 1.29 is 0 Å². The number of rotatable bonds is 3. The molecule has 0 aromatic carbocycles. The SMILES string of the molecule is ClCC1(C(Cl)Cl)C2CC(Cl)(Cl)C1(CCl)[C@@H](Cl)[C@@H]2Cl. The zero-order chi connectivity index (χ0) is 13.9. The van der Waals surface area contributed by atoms with Crippen LogP contribution in [0, 0.1) is 16.7 Å². The van der Waals surface area contributed by atoms with Crippen LogP contribution in [-0.4, -0.2) is 31.7 Å². The van der Waals surface area contributed by atoms with Crippen molar-refractivity contribution in [3.8, 4) is 0 Å². The first-order valence-corrected chi connectivity index (χ1v) is 8.86. The molecule has 0 aromatic rings. The van der Waals surface area contributed by atoms with Crippen molar-refractivity contribution in [3.63, 3.8) is 0 Å². The van der Waals surface area contributed by atoms with E-state index in [9.17, 15) is 0 Å². The van der Waals surface area contributed by atoms with Crippen LogP contribution in [0.4, 0.5) is 0 Å². The predicted octanol–water partition coefficient (Wildman–Crippen LogP) is 5.66. The molecule has 2 bridgehead atoms. The Hall–Kier alpha value is 2.32. The Labute approximate surface area is 146 Å². The van der Waals surface area contributed by atoms with E-state index in [1.807, 2.05) is 0 Å². The lowest BCUT2D eigenvalue weighted by Gasteiger charge is -2.48. The standard InChI is InChI=1S/C10H10Cl8/c11-2-8(7(15)16)4-1-10(17,18)9(8,3-12)6(14)5(4)13/h4-7H,1-3H2/t4?,5-,6+,8?,9?/m1/s1. The molecule has 0 heterocycles. The van der Waals surface area contributed by atoms with Gasteiger partial charge in [-0.05, 0) is 12.3 Å². The van der Waals surface area contributed by atoms with E-state index in [1.54, 1.807) is 0 Å². The van der Waals surface area contributed by atoms with Gasteiger partial charge in [0.1, 0.15) is 9.17 Å². The Bertz CT molecular complexity index is 345. The molecule has 2 aliphatic carbocycles. The fraction of sp³-hybridized carbons (Fsp3) is 1.00. The van der Waals surface area contributed by atoms with E-state index >= 15 is 0 Å². The molecule has 0 amide bonds. The smallest absolute Gasteiger partial charge is 0.126 e. The highest BCUT2D eigenvalue weighted by Crippen LogP contribution is 2.77. The maximum atomic E-state index is 6.45. The van der Waals surface area contributed by atoms with Crippen LogP contribution in [0.1, 0.15) is 6.42 Å². The van der Waals surface area contributed by atoms with Gasteiger partial charge in [0.15, 0.2) is 0 Å². The van der Waals surface area contributed by atoms with Crippen molar-refractivity contribution in [3.05, 3.63) is 0 Å². The van der Waals surface area contributed by atoms with Gasteiger partial charge in [-0.15, -0.1) is 92.8 Å². The second kappa shape index (κ2) is 5.20. The fourth-order valence-corrected chi connectivity index (χ4v) is 8.38. The molecule has 0 radical (unpaired) electrons. The van der Waals surface area contributed by atoms with E-state index in [0.29, 0.717) is 6.42 Å². The molecule has 0 aliphatic heterocycles. The van der Waals surface area contributed by atoms with Crippen LogP contribution >= 0.6 is 92.8 Å². The number of alkyl halides is 8. The summed E-state index contributed by atoms with van der Waals surface area (Å²) >= 11 is 50.4. The Balaban J connectivity index is 2.68. The minimum Gasteiger partial charge on any atom is -0.126 e. The van der Waals surface area contributed by atoms with Crippen LogP contribution in [0.3, 0.4) is 0 Å². The summed E-state index contributed by atoms with van der Waals surface area (Å²) < 4.78 is -1.13. The average Bonchev–Trinajstić information content (AvgIpc) is 2.61. The summed E-state index contributed by atoms with van der Waals surface area (Å²) in [7, 11) is 0. The van der Waals surface area contributed by atoms with Crippen LogP contribution in [-0.2, 0) is 0 Å². The molecule has 0 saturated heterocycles. The third-order valence-corrected chi connectivity index (χ3v) is 8.53. The van der Waals surface area contributed by atoms with Gasteiger partial charge in [0, 0.05) is 22.6 Å². The predicted molar refractivity (Wildman–Crippen MR) is 83.6 cm³/mol. The van der Waals surface area contributed by atoms with Crippen LogP contribution < -0.4 is 0 Å². The highest BCUT2D eigenvalue weighted by atomic mass is 35.5. The van der Waals surface area contributed by atoms with Crippen LogP contribution in [0.2, 0.25) is 0 Å². The maximum Gasteiger partial charge on any atom is 0.127 e. The lowest BCUT2D eigenvalue weighted by molar-refractivity contribution is 0.149. The van der Waals surface area contributed by atoms with Gasteiger partial charge in [0.05, 0.1) is 10.8 Å². The highest BCUT2D eigenvalue weighted by molar-refractivity contribution is 6.52. The van der Waals surface area contributed by atoms with Crippen molar-refractivity contribution in [1.82, 2.24) is 0 Å². The zero-order valence-electron chi connectivity index (χ0n) is 8.95. The summed E-state index contributed by atoms with van der Waals surface area (Å²) in [5.74, 6) is 0.111. The van der Waals surface area contributed by atoms with E-state index in [2.05, 4.69) is 0 Å². The van der Waals surface area contributed by atoms with E-state index in [0.717, 1.165) is 0 Å². The number of hydrogen-bond donors (Lipinski definition) is 0. The lowest BCUT2D eigenvalue weighted by Crippen LogP contribution is -2.55. The summed E-state index contributed by atoms with van der Waals surface area (Å²) in [6.07, 6.45) is 0.433. The van der Waals surface area contributed by atoms with Gasteiger partial charge in [0.25, 0.3) is 0 Å². The molecule has 8 heteroatoms. The fourth-order valence-electron chi connectivity index (χ4n) is 3.57. The van der Waals surface area contributed by atoms with Gasteiger partial charge in [-0.2, -0.15) is 0 Å². The zero-order valence-corrected chi connectivity index (χ0v) is 15.0. The lowest BCUT2D eigenvalue weighted by atomic mass is 9.69. The van der Waals surface area contributed by atoms with Gasteiger partial charge in [-0.1, -0.05) is 0 Å². The number of halogens is 8. The Morgan fingerprint density at radius 1 is 1.06 bits per heavy atom. The van der Waals surface area contributed by atoms with Crippen molar-refractivity contribution >= 4 is 92.8 Å². The topological polar surface area (TPSA) is 0 Å². The minimum atomic E-state index is -1.13. The van der Waals surface area contributed by atoms with Crippen molar-refractivity contribution in [2.24, 2.45) is 16.7 Å². The molecule has 3 unspecified atom stereocenters. The number of fused-ring (bicyclic) bond motifs is 2. The summed E-state index contributed by atoms with van der Waals surface area (Å²) in [6.45, 7) is 0. The minimum absolute atomic E-state index is 0.108. The van der Waals surface area contributed by atoms with Crippen molar-refractivity contribution in [2.45, 2.75) is 26.3 Å². The molecule has 106 valence electrons. The van der Waals surface area contributed by atoms with Crippen LogP contribution in [0.5, 0.6) is 0 Å². The first-order chi connectivity index (χ1) is 8.23. The van der Waals surface area contributed by atoms with E-state index < -0.39 is 25.4 Å². The maximum absolute atomic E-state index is 6.45. The third-order valence-electron chi connectivity index (χ3n) is 4.58. The summed E-state index contributed by atoms with van der Waals surface area (Å²) in [4.78, 5) is -0.789. The molecule has 18 heavy (non-hydrogen) atoms. The number of hydrogen-bond acceptors (Lipinski definition) is 0. The van der Waals surface area contributed by atoms with Gasteiger partial charge in [-0.3, -0.25) is 0 Å². The molecule has 2 rings (SSSR count). The monoisotopic (exact) mass is 410 g/mol. The molecule has 2 saturated carbocycles. The second-order valence-corrected chi connectivity index (χ2v) is 9.03. The molecular weight excluding hydrogens is 404 g/mol. The summed E-state index contributed by atoms with van der Waals surface area (Å²) in [5, 5.41) is -0.876. The van der Waals surface area contributed by atoms with E-state index in [-0.39, 0.29) is 23.1 Å². The molecule has 0 aromatic heterocycles. The van der Waals surface area contributed by atoms with Crippen LogP contribution in [0.25, 0.3) is 0 Å². The molecule has 0 N–H and O–H groups in total.